The molecule has 0 saturated heterocycles. The predicted molar refractivity (Wildman–Crippen MR) is 111 cm³/mol. The zero-order valence-corrected chi connectivity index (χ0v) is 17.6. The molecular formula is C21H18ClFN2O5S. The van der Waals surface area contributed by atoms with Gasteiger partial charge in [-0.2, -0.15) is 0 Å². The van der Waals surface area contributed by atoms with E-state index in [4.69, 9.17) is 16.0 Å². The van der Waals surface area contributed by atoms with Crippen molar-refractivity contribution in [3.05, 3.63) is 89.1 Å². The van der Waals surface area contributed by atoms with Gasteiger partial charge in [0.2, 0.25) is 0 Å². The van der Waals surface area contributed by atoms with Crippen LogP contribution in [0.1, 0.15) is 16.6 Å². The SMILES string of the molecule is O=C(NCc1ccccc1F)C(=O)NC[C@@H](c1ccco1)S(=O)(=O)c1ccc(Cl)cc1. The van der Waals surface area contributed by atoms with Crippen LogP contribution in [0.4, 0.5) is 4.39 Å². The van der Waals surface area contributed by atoms with Gasteiger partial charge in [-0.3, -0.25) is 9.59 Å². The molecule has 31 heavy (non-hydrogen) atoms. The van der Waals surface area contributed by atoms with Crippen LogP contribution < -0.4 is 10.6 Å². The summed E-state index contributed by atoms with van der Waals surface area (Å²) < 4.78 is 45.0. The smallest absolute Gasteiger partial charge is 0.309 e. The Hall–Kier alpha value is -3.17. The number of rotatable bonds is 7. The largest absolute Gasteiger partial charge is 0.468 e. The van der Waals surface area contributed by atoms with Gasteiger partial charge in [-0.15, -0.1) is 0 Å². The van der Waals surface area contributed by atoms with E-state index < -0.39 is 39.3 Å². The second-order valence-corrected chi connectivity index (χ2v) is 9.05. The van der Waals surface area contributed by atoms with Gasteiger partial charge in [0.15, 0.2) is 9.84 Å². The summed E-state index contributed by atoms with van der Waals surface area (Å²) in [7, 11) is -3.97. The Labute approximate surface area is 183 Å². The van der Waals surface area contributed by atoms with E-state index in [-0.39, 0.29) is 22.8 Å². The van der Waals surface area contributed by atoms with Crippen molar-refractivity contribution in [3.63, 3.8) is 0 Å². The molecule has 1 heterocycles. The Bertz CT molecular complexity index is 1160. The second-order valence-electron chi connectivity index (χ2n) is 6.49. The summed E-state index contributed by atoms with van der Waals surface area (Å²) in [6, 6.07) is 14.3. The fraction of sp³-hybridized carbons (Fsp3) is 0.143. The van der Waals surface area contributed by atoms with Crippen LogP contribution in [-0.4, -0.2) is 26.8 Å². The molecule has 0 bridgehead atoms. The van der Waals surface area contributed by atoms with Gasteiger partial charge < -0.3 is 15.1 Å². The van der Waals surface area contributed by atoms with E-state index in [0.717, 1.165) is 0 Å². The number of nitrogens with one attached hydrogen (secondary N) is 2. The summed E-state index contributed by atoms with van der Waals surface area (Å²) in [6.45, 7) is -0.603. The Balaban J connectivity index is 1.69. The highest BCUT2D eigenvalue weighted by Crippen LogP contribution is 2.29. The number of halogens is 2. The Morgan fingerprint density at radius 1 is 0.968 bits per heavy atom. The van der Waals surface area contributed by atoms with E-state index in [1.165, 1.54) is 60.9 Å². The molecule has 162 valence electrons. The summed E-state index contributed by atoms with van der Waals surface area (Å²) in [4.78, 5) is 24.2. The van der Waals surface area contributed by atoms with Gasteiger partial charge in [0.25, 0.3) is 0 Å². The summed E-state index contributed by atoms with van der Waals surface area (Å²) in [5.74, 6) is -2.50. The molecule has 0 aliphatic rings. The quantitative estimate of drug-likeness (QED) is 0.523. The van der Waals surface area contributed by atoms with Crippen molar-refractivity contribution < 1.29 is 26.8 Å². The minimum Gasteiger partial charge on any atom is -0.468 e. The average molecular weight is 465 g/mol. The second kappa shape index (κ2) is 9.76. The minimum atomic E-state index is -3.97. The lowest BCUT2D eigenvalue weighted by molar-refractivity contribution is -0.139. The number of furan rings is 1. The standard InChI is InChI=1S/C21H18ClFN2O5S/c22-15-7-9-16(10-8-15)31(28,29)19(18-6-3-11-30-18)13-25-21(27)20(26)24-12-14-4-1-2-5-17(14)23/h1-11,19H,12-13H2,(H,24,26)(H,25,27)/t19-/m0/s1. The first kappa shape index (κ1) is 22.5. The highest BCUT2D eigenvalue weighted by molar-refractivity contribution is 7.91. The van der Waals surface area contributed by atoms with E-state index in [9.17, 15) is 22.4 Å². The van der Waals surface area contributed by atoms with Gasteiger partial charge >= 0.3 is 11.8 Å². The summed E-state index contributed by atoms with van der Waals surface area (Å²) in [6.07, 6.45) is 1.31. The molecule has 7 nitrogen and oxygen atoms in total. The van der Waals surface area contributed by atoms with Crippen LogP contribution in [0.25, 0.3) is 0 Å². The highest BCUT2D eigenvalue weighted by Gasteiger charge is 2.32. The minimum absolute atomic E-state index is 0.0171. The monoisotopic (exact) mass is 464 g/mol. The van der Waals surface area contributed by atoms with Crippen molar-refractivity contribution in [1.29, 1.82) is 0 Å². The van der Waals surface area contributed by atoms with Crippen molar-refractivity contribution in [2.24, 2.45) is 0 Å². The maximum atomic E-state index is 13.6. The van der Waals surface area contributed by atoms with Crippen LogP contribution in [0.15, 0.2) is 76.2 Å². The maximum absolute atomic E-state index is 13.6. The number of sulfone groups is 1. The molecule has 10 heteroatoms. The topological polar surface area (TPSA) is 105 Å². The number of benzene rings is 2. The first-order valence-electron chi connectivity index (χ1n) is 9.11. The lowest BCUT2D eigenvalue weighted by Gasteiger charge is -2.16. The number of amides is 2. The fourth-order valence-corrected chi connectivity index (χ4v) is 4.50. The summed E-state index contributed by atoms with van der Waals surface area (Å²) in [5.41, 5.74) is 0.211. The molecule has 2 aromatic carbocycles. The molecule has 0 aliphatic carbocycles. The average Bonchev–Trinajstić information content (AvgIpc) is 3.27. The fourth-order valence-electron chi connectivity index (χ4n) is 2.79. The van der Waals surface area contributed by atoms with Gasteiger partial charge in [-0.05, 0) is 42.5 Å². The molecule has 1 atom stereocenters. The molecule has 0 saturated carbocycles. The number of carbonyl (C=O) groups is 2. The van der Waals surface area contributed by atoms with Crippen molar-refractivity contribution in [2.45, 2.75) is 16.7 Å². The predicted octanol–water partition coefficient (Wildman–Crippen LogP) is 3.02. The zero-order chi connectivity index (χ0) is 22.4. The molecule has 0 spiro atoms. The molecule has 3 aromatic rings. The van der Waals surface area contributed by atoms with Gasteiger partial charge in [0.1, 0.15) is 16.8 Å². The van der Waals surface area contributed by atoms with Gasteiger partial charge in [-0.1, -0.05) is 29.8 Å². The van der Waals surface area contributed by atoms with Crippen molar-refractivity contribution in [2.75, 3.05) is 6.54 Å². The molecule has 3 rings (SSSR count). The summed E-state index contributed by atoms with van der Waals surface area (Å²) >= 11 is 5.82. The van der Waals surface area contributed by atoms with Crippen LogP contribution in [0, 0.1) is 5.82 Å². The van der Waals surface area contributed by atoms with Crippen LogP contribution in [0.3, 0.4) is 0 Å². The van der Waals surface area contributed by atoms with Crippen molar-refractivity contribution in [3.8, 4) is 0 Å². The molecule has 0 fully saturated rings. The third-order valence-electron chi connectivity index (χ3n) is 4.43. The van der Waals surface area contributed by atoms with Crippen LogP contribution >= 0.6 is 11.6 Å². The lowest BCUT2D eigenvalue weighted by atomic mass is 10.2. The molecule has 0 unspecified atom stereocenters. The van der Waals surface area contributed by atoms with Gasteiger partial charge in [0.05, 0.1) is 11.2 Å². The molecule has 0 radical (unpaired) electrons. The van der Waals surface area contributed by atoms with Crippen molar-refractivity contribution >= 4 is 33.3 Å². The van der Waals surface area contributed by atoms with E-state index in [0.29, 0.717) is 5.02 Å². The third kappa shape index (κ3) is 5.50. The Morgan fingerprint density at radius 2 is 1.65 bits per heavy atom. The molecule has 0 aliphatic heterocycles. The zero-order valence-electron chi connectivity index (χ0n) is 16.0. The maximum Gasteiger partial charge on any atom is 0.309 e. The first-order chi connectivity index (χ1) is 14.8. The third-order valence-corrected chi connectivity index (χ3v) is 6.76. The van der Waals surface area contributed by atoms with Crippen LogP contribution in [0.5, 0.6) is 0 Å². The number of hydrogen-bond acceptors (Lipinski definition) is 5. The molecule has 2 amide bonds. The normalized spacial score (nSPS) is 12.2. The van der Waals surface area contributed by atoms with E-state index in [2.05, 4.69) is 10.6 Å². The molecule has 2 N–H and O–H groups in total. The van der Waals surface area contributed by atoms with Gasteiger partial charge in [-0.25, -0.2) is 12.8 Å². The Morgan fingerprint density at radius 3 is 2.29 bits per heavy atom. The van der Waals surface area contributed by atoms with E-state index >= 15 is 0 Å². The number of carbonyl (C=O) groups excluding carboxylic acids is 2. The Kier molecular flexibility index (Phi) is 7.09. The first-order valence-corrected chi connectivity index (χ1v) is 11.0. The highest BCUT2D eigenvalue weighted by atomic mass is 35.5. The van der Waals surface area contributed by atoms with Crippen LogP contribution in [-0.2, 0) is 26.0 Å². The number of hydrogen-bond donors (Lipinski definition) is 2. The molecule has 1 aromatic heterocycles. The van der Waals surface area contributed by atoms with Gasteiger partial charge in [0, 0.05) is 23.7 Å². The van der Waals surface area contributed by atoms with Crippen molar-refractivity contribution in [1.82, 2.24) is 10.6 Å². The summed E-state index contributed by atoms with van der Waals surface area (Å²) in [5, 5.41) is 3.69. The molecular weight excluding hydrogens is 447 g/mol. The van der Waals surface area contributed by atoms with E-state index in [1.54, 1.807) is 6.07 Å². The lowest BCUT2D eigenvalue weighted by Crippen LogP contribution is -2.42. The van der Waals surface area contributed by atoms with Crippen LogP contribution in [0.2, 0.25) is 5.02 Å². The van der Waals surface area contributed by atoms with E-state index in [1.807, 2.05) is 0 Å².